The van der Waals surface area contributed by atoms with Gasteiger partial charge in [0.05, 0.1) is 11.8 Å². The van der Waals surface area contributed by atoms with Crippen molar-refractivity contribution in [1.82, 2.24) is 20.4 Å². The van der Waals surface area contributed by atoms with Crippen LogP contribution in [-0.2, 0) is 11.8 Å². The maximum absolute atomic E-state index is 11.8. The van der Waals surface area contributed by atoms with Gasteiger partial charge in [0.2, 0.25) is 5.91 Å². The number of rotatable bonds is 5. The Hall–Kier alpha value is -1.85. The molecule has 2 amide bonds. The van der Waals surface area contributed by atoms with Crippen LogP contribution in [0.5, 0.6) is 0 Å². The first-order chi connectivity index (χ1) is 8.41. The second-order valence-corrected chi connectivity index (χ2v) is 4.50. The maximum Gasteiger partial charge on any atom is 0.254 e. The predicted octanol–water partition coefficient (Wildman–Crippen LogP) is 0.373. The zero-order chi connectivity index (χ0) is 13.7. The molecular weight excluding hydrogens is 232 g/mol. The second-order valence-electron chi connectivity index (χ2n) is 4.50. The van der Waals surface area contributed by atoms with Gasteiger partial charge < -0.3 is 10.6 Å². The second kappa shape index (κ2) is 6.18. The highest BCUT2D eigenvalue weighted by molar-refractivity contribution is 5.95. The largest absolute Gasteiger partial charge is 0.354 e. The topological polar surface area (TPSA) is 76.0 Å². The number of carbonyl (C=O) groups is 2. The molecular formula is C12H20N4O2. The van der Waals surface area contributed by atoms with Crippen LogP contribution in [0.3, 0.4) is 0 Å². The van der Waals surface area contributed by atoms with Crippen LogP contribution in [0.1, 0.15) is 36.3 Å². The van der Waals surface area contributed by atoms with E-state index in [1.807, 2.05) is 20.8 Å². The number of amides is 2. The van der Waals surface area contributed by atoms with E-state index in [1.165, 1.54) is 6.20 Å². The van der Waals surface area contributed by atoms with Gasteiger partial charge in [0.15, 0.2) is 0 Å². The van der Waals surface area contributed by atoms with Crippen molar-refractivity contribution in [3.05, 3.63) is 17.5 Å². The lowest BCUT2D eigenvalue weighted by molar-refractivity contribution is -0.121. The molecule has 6 heteroatoms. The SMILES string of the molecule is Cc1c(C(=O)NCCC(=O)NC(C)C)cnn1C. The van der Waals surface area contributed by atoms with Crippen LogP contribution in [0.2, 0.25) is 0 Å². The minimum atomic E-state index is -0.196. The van der Waals surface area contributed by atoms with E-state index < -0.39 is 0 Å². The van der Waals surface area contributed by atoms with E-state index >= 15 is 0 Å². The standard InChI is InChI=1S/C12H20N4O2/c1-8(2)15-11(17)5-6-13-12(18)10-7-14-16(4)9(10)3/h7-8H,5-6H2,1-4H3,(H,13,18)(H,15,17). The molecule has 2 N–H and O–H groups in total. The highest BCUT2D eigenvalue weighted by Crippen LogP contribution is 2.04. The minimum Gasteiger partial charge on any atom is -0.354 e. The summed E-state index contributed by atoms with van der Waals surface area (Å²) >= 11 is 0. The van der Waals surface area contributed by atoms with E-state index in [1.54, 1.807) is 11.7 Å². The van der Waals surface area contributed by atoms with E-state index in [2.05, 4.69) is 15.7 Å². The molecule has 0 aromatic carbocycles. The minimum absolute atomic E-state index is 0.0618. The molecule has 0 saturated heterocycles. The van der Waals surface area contributed by atoms with Crippen molar-refractivity contribution < 1.29 is 9.59 Å². The summed E-state index contributed by atoms with van der Waals surface area (Å²) < 4.78 is 1.64. The molecule has 1 heterocycles. The van der Waals surface area contributed by atoms with E-state index in [4.69, 9.17) is 0 Å². The van der Waals surface area contributed by atoms with Crippen LogP contribution in [0.4, 0.5) is 0 Å². The van der Waals surface area contributed by atoms with Gasteiger partial charge >= 0.3 is 0 Å². The number of hydrogen-bond acceptors (Lipinski definition) is 3. The molecule has 6 nitrogen and oxygen atoms in total. The quantitative estimate of drug-likeness (QED) is 0.795. The summed E-state index contributed by atoms with van der Waals surface area (Å²) in [5.74, 6) is -0.258. The van der Waals surface area contributed by atoms with Crippen LogP contribution in [0.15, 0.2) is 6.20 Å². The molecule has 18 heavy (non-hydrogen) atoms. The van der Waals surface area contributed by atoms with Crippen molar-refractivity contribution in [2.75, 3.05) is 6.54 Å². The first-order valence-corrected chi connectivity index (χ1v) is 5.98. The van der Waals surface area contributed by atoms with Crippen LogP contribution in [-0.4, -0.2) is 34.2 Å². The summed E-state index contributed by atoms with van der Waals surface area (Å²) in [4.78, 5) is 23.2. The fourth-order valence-electron chi connectivity index (χ4n) is 1.50. The van der Waals surface area contributed by atoms with Gasteiger partial charge in [0.25, 0.3) is 5.91 Å². The number of aryl methyl sites for hydroxylation is 1. The van der Waals surface area contributed by atoms with Crippen LogP contribution in [0.25, 0.3) is 0 Å². The van der Waals surface area contributed by atoms with Crippen LogP contribution < -0.4 is 10.6 Å². The Balaban J connectivity index is 2.38. The molecule has 0 fully saturated rings. The molecule has 0 bridgehead atoms. The first kappa shape index (κ1) is 14.2. The lowest BCUT2D eigenvalue weighted by Gasteiger charge is -2.08. The summed E-state index contributed by atoms with van der Waals surface area (Å²) in [5.41, 5.74) is 1.35. The van der Waals surface area contributed by atoms with Gasteiger partial charge in [-0.05, 0) is 20.8 Å². The lowest BCUT2D eigenvalue weighted by Crippen LogP contribution is -2.34. The molecule has 1 aromatic heterocycles. The van der Waals surface area contributed by atoms with Gasteiger partial charge in [-0.1, -0.05) is 0 Å². The fraction of sp³-hybridized carbons (Fsp3) is 0.583. The molecule has 100 valence electrons. The van der Waals surface area contributed by atoms with E-state index in [-0.39, 0.29) is 24.3 Å². The summed E-state index contributed by atoms with van der Waals surface area (Å²) in [6, 6.07) is 0.119. The number of hydrogen-bond donors (Lipinski definition) is 2. The van der Waals surface area contributed by atoms with Gasteiger partial charge in [-0.15, -0.1) is 0 Å². The van der Waals surface area contributed by atoms with Gasteiger partial charge in [0.1, 0.15) is 0 Å². The zero-order valence-corrected chi connectivity index (χ0v) is 11.3. The van der Waals surface area contributed by atoms with Gasteiger partial charge in [-0.2, -0.15) is 5.10 Å². The molecule has 0 aliphatic heterocycles. The summed E-state index contributed by atoms with van der Waals surface area (Å²) in [6.45, 7) is 5.95. The Kier molecular flexibility index (Phi) is 4.88. The smallest absolute Gasteiger partial charge is 0.254 e. The third-order valence-corrected chi connectivity index (χ3v) is 2.57. The van der Waals surface area contributed by atoms with Crippen molar-refractivity contribution in [3.8, 4) is 0 Å². The summed E-state index contributed by atoms with van der Waals surface area (Å²) in [5, 5.41) is 9.47. The van der Waals surface area contributed by atoms with Gasteiger partial charge in [0, 0.05) is 31.7 Å². The monoisotopic (exact) mass is 252 g/mol. The van der Waals surface area contributed by atoms with Crippen molar-refractivity contribution in [2.45, 2.75) is 33.2 Å². The predicted molar refractivity (Wildman–Crippen MR) is 68.2 cm³/mol. The molecule has 1 aromatic rings. The Labute approximate surface area is 107 Å². The molecule has 0 unspecified atom stereocenters. The molecule has 0 aliphatic carbocycles. The highest BCUT2D eigenvalue weighted by atomic mass is 16.2. The van der Waals surface area contributed by atoms with Crippen molar-refractivity contribution in [1.29, 1.82) is 0 Å². The van der Waals surface area contributed by atoms with Gasteiger partial charge in [-0.25, -0.2) is 0 Å². The third kappa shape index (κ3) is 3.87. The highest BCUT2D eigenvalue weighted by Gasteiger charge is 2.12. The Morgan fingerprint density at radius 1 is 1.44 bits per heavy atom. The summed E-state index contributed by atoms with van der Waals surface area (Å²) in [6.07, 6.45) is 1.81. The van der Waals surface area contributed by atoms with Crippen molar-refractivity contribution in [3.63, 3.8) is 0 Å². The number of aromatic nitrogens is 2. The molecule has 0 radical (unpaired) electrons. The lowest BCUT2D eigenvalue weighted by atomic mass is 10.2. The first-order valence-electron chi connectivity index (χ1n) is 5.98. The Morgan fingerprint density at radius 2 is 2.11 bits per heavy atom. The van der Waals surface area contributed by atoms with Crippen LogP contribution >= 0.6 is 0 Å². The van der Waals surface area contributed by atoms with E-state index in [0.717, 1.165) is 5.69 Å². The normalized spacial score (nSPS) is 10.5. The van der Waals surface area contributed by atoms with E-state index in [9.17, 15) is 9.59 Å². The fourth-order valence-corrected chi connectivity index (χ4v) is 1.50. The maximum atomic E-state index is 11.8. The van der Waals surface area contributed by atoms with Crippen LogP contribution in [0, 0.1) is 6.92 Å². The number of nitrogens with zero attached hydrogens (tertiary/aromatic N) is 2. The van der Waals surface area contributed by atoms with Crippen molar-refractivity contribution >= 4 is 11.8 Å². The average Bonchev–Trinajstić information content (AvgIpc) is 2.58. The Bertz CT molecular complexity index is 437. The molecule has 0 saturated carbocycles. The number of nitrogens with one attached hydrogen (secondary N) is 2. The molecule has 0 atom stereocenters. The number of carbonyl (C=O) groups excluding carboxylic acids is 2. The Morgan fingerprint density at radius 3 is 2.61 bits per heavy atom. The molecule has 0 aliphatic rings. The van der Waals surface area contributed by atoms with E-state index in [0.29, 0.717) is 12.1 Å². The van der Waals surface area contributed by atoms with Gasteiger partial charge in [-0.3, -0.25) is 14.3 Å². The summed E-state index contributed by atoms with van der Waals surface area (Å²) in [7, 11) is 1.78. The third-order valence-electron chi connectivity index (χ3n) is 2.57. The molecule has 0 spiro atoms. The molecule has 1 rings (SSSR count). The average molecular weight is 252 g/mol. The van der Waals surface area contributed by atoms with Crippen molar-refractivity contribution in [2.24, 2.45) is 7.05 Å². The zero-order valence-electron chi connectivity index (χ0n) is 11.3.